The molecule has 2 rings (SSSR count). The van der Waals surface area contributed by atoms with Crippen molar-refractivity contribution in [3.05, 3.63) is 53.4 Å². The number of likely N-dealkylation sites (N-methyl/N-ethyl adjacent to an activating group) is 1. The molecule has 1 aliphatic rings. The molecule has 0 aromatic heterocycles. The predicted octanol–water partition coefficient (Wildman–Crippen LogP) is 5.93. The molecule has 1 aromatic rings. The number of unbranched alkanes of at least 4 members (excludes halogenated alkanes) is 2. The molecule has 33 heavy (non-hydrogen) atoms. The average Bonchev–Trinajstić information content (AvgIpc) is 2.80. The zero-order valence-corrected chi connectivity index (χ0v) is 22.3. The SMILES string of the molecule is CC.CCCCN(CCCC)C1=C(Oc2ccccc2)C(C)CC(COCCN(C)C)=C1.O. The third kappa shape index (κ3) is 11.7. The van der Waals surface area contributed by atoms with E-state index in [0.717, 1.165) is 44.2 Å². The fourth-order valence-electron chi connectivity index (χ4n) is 3.68. The highest BCUT2D eigenvalue weighted by atomic mass is 16.5. The summed E-state index contributed by atoms with van der Waals surface area (Å²) in [6, 6.07) is 10.2. The second kappa shape index (κ2) is 18.6. The van der Waals surface area contributed by atoms with Crippen LogP contribution in [-0.2, 0) is 4.74 Å². The van der Waals surface area contributed by atoms with Crippen molar-refractivity contribution in [3.8, 4) is 5.75 Å². The summed E-state index contributed by atoms with van der Waals surface area (Å²) in [6.45, 7) is 15.4. The van der Waals surface area contributed by atoms with E-state index in [-0.39, 0.29) is 5.48 Å². The first-order valence-electron chi connectivity index (χ1n) is 12.7. The highest BCUT2D eigenvalue weighted by Crippen LogP contribution is 2.33. The highest BCUT2D eigenvalue weighted by Gasteiger charge is 2.26. The van der Waals surface area contributed by atoms with E-state index in [2.05, 4.69) is 50.7 Å². The third-order valence-electron chi connectivity index (χ3n) is 5.45. The third-order valence-corrected chi connectivity index (χ3v) is 5.45. The summed E-state index contributed by atoms with van der Waals surface area (Å²) in [4.78, 5) is 4.70. The molecule has 0 saturated carbocycles. The molecule has 0 bridgehead atoms. The van der Waals surface area contributed by atoms with Crippen LogP contribution in [0.25, 0.3) is 0 Å². The number of ether oxygens (including phenoxy) is 2. The van der Waals surface area contributed by atoms with Gasteiger partial charge in [-0.15, -0.1) is 0 Å². The van der Waals surface area contributed by atoms with Crippen LogP contribution in [0.3, 0.4) is 0 Å². The van der Waals surface area contributed by atoms with Gasteiger partial charge in [0.2, 0.25) is 0 Å². The van der Waals surface area contributed by atoms with Crippen molar-refractivity contribution in [3.63, 3.8) is 0 Å². The van der Waals surface area contributed by atoms with Crippen molar-refractivity contribution >= 4 is 0 Å². The Hall–Kier alpha value is -1.82. The summed E-state index contributed by atoms with van der Waals surface area (Å²) < 4.78 is 12.5. The second-order valence-electron chi connectivity index (χ2n) is 8.62. The van der Waals surface area contributed by atoms with Gasteiger partial charge in [0.05, 0.1) is 18.9 Å². The van der Waals surface area contributed by atoms with Crippen molar-refractivity contribution in [2.24, 2.45) is 5.92 Å². The number of para-hydroxylation sites is 1. The fourth-order valence-corrected chi connectivity index (χ4v) is 3.68. The van der Waals surface area contributed by atoms with Gasteiger partial charge in [-0.25, -0.2) is 0 Å². The number of hydrogen-bond acceptors (Lipinski definition) is 4. The van der Waals surface area contributed by atoms with E-state index in [9.17, 15) is 0 Å². The van der Waals surface area contributed by atoms with E-state index in [1.54, 1.807) is 0 Å². The van der Waals surface area contributed by atoms with E-state index in [0.29, 0.717) is 12.5 Å². The van der Waals surface area contributed by atoms with Crippen LogP contribution in [0.4, 0.5) is 0 Å². The maximum Gasteiger partial charge on any atom is 0.130 e. The van der Waals surface area contributed by atoms with Gasteiger partial charge in [-0.3, -0.25) is 0 Å². The van der Waals surface area contributed by atoms with E-state index in [1.807, 2.05) is 44.2 Å². The van der Waals surface area contributed by atoms with Crippen LogP contribution in [0.1, 0.15) is 66.7 Å². The molecular weight excluding hydrogens is 412 g/mol. The molecule has 0 radical (unpaired) electrons. The van der Waals surface area contributed by atoms with Crippen LogP contribution in [0, 0.1) is 5.92 Å². The molecule has 0 fully saturated rings. The molecule has 5 nitrogen and oxygen atoms in total. The van der Waals surface area contributed by atoms with Crippen LogP contribution in [0.5, 0.6) is 5.75 Å². The Labute approximate surface area is 203 Å². The number of nitrogens with zero attached hydrogens (tertiary/aromatic N) is 2. The van der Waals surface area contributed by atoms with Gasteiger partial charge in [0.25, 0.3) is 0 Å². The van der Waals surface area contributed by atoms with E-state index >= 15 is 0 Å². The van der Waals surface area contributed by atoms with Crippen molar-refractivity contribution in [1.82, 2.24) is 9.80 Å². The van der Waals surface area contributed by atoms with Crippen molar-refractivity contribution in [2.75, 3.05) is 46.9 Å². The van der Waals surface area contributed by atoms with Gasteiger partial charge in [0, 0.05) is 25.6 Å². The van der Waals surface area contributed by atoms with Gasteiger partial charge in [0.15, 0.2) is 0 Å². The molecule has 1 aliphatic carbocycles. The summed E-state index contributed by atoms with van der Waals surface area (Å²) in [5.74, 6) is 2.36. The van der Waals surface area contributed by atoms with Crippen LogP contribution in [0.2, 0.25) is 0 Å². The van der Waals surface area contributed by atoms with Gasteiger partial charge in [-0.2, -0.15) is 0 Å². The number of rotatable bonds is 14. The van der Waals surface area contributed by atoms with Crippen LogP contribution < -0.4 is 4.74 Å². The molecule has 190 valence electrons. The summed E-state index contributed by atoms with van der Waals surface area (Å²) >= 11 is 0. The molecule has 0 heterocycles. The second-order valence-corrected chi connectivity index (χ2v) is 8.62. The minimum absolute atomic E-state index is 0. The lowest BCUT2D eigenvalue weighted by molar-refractivity contribution is 0.132. The Kier molecular flexibility index (Phi) is 17.6. The molecule has 1 aromatic carbocycles. The first-order chi connectivity index (χ1) is 15.5. The zero-order chi connectivity index (χ0) is 23.8. The summed E-state index contributed by atoms with van der Waals surface area (Å²) in [7, 11) is 4.16. The Morgan fingerprint density at radius 3 is 2.09 bits per heavy atom. The number of benzene rings is 1. The molecule has 1 atom stereocenters. The lowest BCUT2D eigenvalue weighted by atomic mass is 9.91. The van der Waals surface area contributed by atoms with Crippen molar-refractivity contribution in [2.45, 2.75) is 66.7 Å². The van der Waals surface area contributed by atoms with Gasteiger partial charge in [-0.05, 0) is 57.1 Å². The normalized spacial score (nSPS) is 15.4. The largest absolute Gasteiger partial charge is 0.459 e. The average molecular weight is 463 g/mol. The van der Waals surface area contributed by atoms with Gasteiger partial charge in [0.1, 0.15) is 11.5 Å². The Bertz CT molecular complexity index is 663. The van der Waals surface area contributed by atoms with Crippen LogP contribution in [-0.4, -0.2) is 62.2 Å². The van der Waals surface area contributed by atoms with Crippen LogP contribution >= 0.6 is 0 Å². The molecular formula is C28H50N2O3. The summed E-state index contributed by atoms with van der Waals surface area (Å²) in [6.07, 6.45) is 8.13. The first kappa shape index (κ1) is 31.2. The summed E-state index contributed by atoms with van der Waals surface area (Å²) in [5.41, 5.74) is 2.63. The van der Waals surface area contributed by atoms with Crippen LogP contribution in [0.15, 0.2) is 53.4 Å². The lowest BCUT2D eigenvalue weighted by Crippen LogP contribution is -2.30. The summed E-state index contributed by atoms with van der Waals surface area (Å²) in [5, 5.41) is 0. The zero-order valence-electron chi connectivity index (χ0n) is 22.3. The van der Waals surface area contributed by atoms with Gasteiger partial charge >= 0.3 is 0 Å². The maximum absolute atomic E-state index is 6.47. The Morgan fingerprint density at radius 2 is 1.55 bits per heavy atom. The smallest absolute Gasteiger partial charge is 0.130 e. The maximum atomic E-state index is 6.47. The molecule has 0 saturated heterocycles. The lowest BCUT2D eigenvalue weighted by Gasteiger charge is -2.33. The minimum atomic E-state index is 0. The van der Waals surface area contributed by atoms with Gasteiger partial charge in [-0.1, -0.05) is 65.7 Å². The topological polar surface area (TPSA) is 56.4 Å². The van der Waals surface area contributed by atoms with E-state index < -0.39 is 0 Å². The van der Waals surface area contributed by atoms with E-state index in [4.69, 9.17) is 9.47 Å². The Balaban J connectivity index is 0.00000332. The molecule has 0 amide bonds. The van der Waals surface area contributed by atoms with Gasteiger partial charge < -0.3 is 24.7 Å². The monoisotopic (exact) mass is 462 g/mol. The number of hydrogen-bond donors (Lipinski definition) is 0. The quantitative estimate of drug-likeness (QED) is 0.322. The molecule has 1 unspecified atom stereocenters. The highest BCUT2D eigenvalue weighted by molar-refractivity contribution is 5.35. The number of allylic oxidation sites excluding steroid dienone is 2. The predicted molar refractivity (Wildman–Crippen MR) is 142 cm³/mol. The minimum Gasteiger partial charge on any atom is -0.459 e. The van der Waals surface area contributed by atoms with Crippen molar-refractivity contribution in [1.29, 1.82) is 0 Å². The fraction of sp³-hybridized carbons (Fsp3) is 0.643. The first-order valence-corrected chi connectivity index (χ1v) is 12.7. The Morgan fingerprint density at radius 1 is 0.939 bits per heavy atom. The van der Waals surface area contributed by atoms with Crippen molar-refractivity contribution < 1.29 is 14.9 Å². The molecule has 0 spiro atoms. The van der Waals surface area contributed by atoms with E-state index in [1.165, 1.54) is 37.0 Å². The molecule has 5 heteroatoms. The molecule has 0 aliphatic heterocycles. The standard InChI is InChI=1S/C26H42N2O2.C2H6.H2O/c1-6-8-15-28(16-9-7-2)25-20-23(21-29-18-17-27(4)5)19-22(3)26(25)30-24-13-11-10-12-14-24;1-2;/h10-14,20,22H,6-9,15-19,21H2,1-5H3;1-2H3;1H2. The molecule has 2 N–H and O–H groups in total.